The minimum Gasteiger partial charge on any atom is -0.293 e. The molecule has 0 aromatic heterocycles. The van der Waals surface area contributed by atoms with E-state index in [1.807, 2.05) is 0 Å². The summed E-state index contributed by atoms with van der Waals surface area (Å²) < 4.78 is 61.4. The summed E-state index contributed by atoms with van der Waals surface area (Å²) in [5, 5.41) is 0. The maximum atomic E-state index is 12.9. The van der Waals surface area contributed by atoms with Gasteiger partial charge in [0, 0.05) is 12.5 Å². The first-order chi connectivity index (χ1) is 6.91. The van der Waals surface area contributed by atoms with Crippen LogP contribution in [0.1, 0.15) is 5.56 Å². The number of alkyl halides is 2. The van der Waals surface area contributed by atoms with Gasteiger partial charge in [-0.05, 0) is 11.6 Å². The highest BCUT2D eigenvalue weighted by atomic mass is 19.3. The van der Waals surface area contributed by atoms with Crippen molar-refractivity contribution in [3.05, 3.63) is 35.1 Å². The van der Waals surface area contributed by atoms with E-state index < -0.39 is 41.6 Å². The van der Waals surface area contributed by atoms with Gasteiger partial charge in [-0.3, -0.25) is 4.79 Å². The van der Waals surface area contributed by atoms with Crippen molar-refractivity contribution in [2.24, 2.45) is 0 Å². The number of hydrogen-bond donors (Lipinski definition) is 0. The van der Waals surface area contributed by atoms with Crippen LogP contribution in [-0.2, 0) is 11.2 Å². The fourth-order valence-corrected chi connectivity index (χ4v) is 0.964. The number of hydrogen-bond acceptors (Lipinski definition) is 1. The zero-order valence-corrected chi connectivity index (χ0v) is 7.24. The average molecular weight is 224 g/mol. The van der Waals surface area contributed by atoms with Gasteiger partial charge in [0.05, 0.1) is 0 Å². The van der Waals surface area contributed by atoms with Crippen LogP contribution in [0.3, 0.4) is 0 Å². The maximum Gasteiger partial charge on any atom is 0.296 e. The van der Waals surface area contributed by atoms with Crippen LogP contribution in [0.4, 0.5) is 22.0 Å². The third-order valence-electron chi connectivity index (χ3n) is 1.70. The Hall–Kier alpha value is -1.46. The van der Waals surface area contributed by atoms with Crippen molar-refractivity contribution in [1.29, 1.82) is 0 Å². The van der Waals surface area contributed by atoms with E-state index in [9.17, 15) is 26.7 Å². The lowest BCUT2D eigenvalue weighted by Crippen LogP contribution is -2.14. The lowest BCUT2D eigenvalue weighted by molar-refractivity contribution is -0.128. The molecule has 1 nitrogen and oxygen atoms in total. The van der Waals surface area contributed by atoms with Gasteiger partial charge < -0.3 is 0 Å². The first-order valence-electron chi connectivity index (χ1n) is 3.86. The van der Waals surface area contributed by atoms with E-state index in [1.54, 1.807) is 0 Å². The number of carbonyl (C=O) groups excluding carboxylic acids is 1. The first kappa shape index (κ1) is 11.6. The Morgan fingerprint density at radius 1 is 1.07 bits per heavy atom. The summed E-state index contributed by atoms with van der Waals surface area (Å²) in [5.41, 5.74) is -0.584. The molecule has 0 amide bonds. The molecule has 1 aromatic carbocycles. The molecule has 15 heavy (non-hydrogen) atoms. The van der Waals surface area contributed by atoms with Gasteiger partial charge in [0.25, 0.3) is 6.43 Å². The van der Waals surface area contributed by atoms with Crippen LogP contribution in [0, 0.1) is 17.5 Å². The molecule has 0 radical (unpaired) electrons. The number of Topliss-reactive ketones (excluding diaryl/α,β-unsaturated/α-hetero) is 1. The summed E-state index contributed by atoms with van der Waals surface area (Å²) in [7, 11) is 0. The van der Waals surface area contributed by atoms with Crippen LogP contribution in [0.15, 0.2) is 12.1 Å². The number of carbonyl (C=O) groups is 1. The molecule has 0 aliphatic rings. The molecule has 0 atom stereocenters. The Morgan fingerprint density at radius 3 is 2.13 bits per heavy atom. The van der Waals surface area contributed by atoms with E-state index in [1.165, 1.54) is 0 Å². The van der Waals surface area contributed by atoms with Crippen molar-refractivity contribution < 1.29 is 26.7 Å². The largest absolute Gasteiger partial charge is 0.296 e. The van der Waals surface area contributed by atoms with E-state index in [0.717, 1.165) is 0 Å². The molecule has 0 unspecified atom stereocenters. The van der Waals surface area contributed by atoms with E-state index in [0.29, 0.717) is 6.07 Å². The molecule has 6 heteroatoms. The van der Waals surface area contributed by atoms with Crippen molar-refractivity contribution in [3.8, 4) is 0 Å². The normalized spacial score (nSPS) is 10.8. The predicted molar refractivity (Wildman–Crippen MR) is 41.0 cm³/mol. The lowest BCUT2D eigenvalue weighted by atomic mass is 10.1. The fourth-order valence-electron chi connectivity index (χ4n) is 0.964. The smallest absolute Gasteiger partial charge is 0.293 e. The van der Waals surface area contributed by atoms with Crippen LogP contribution in [0.25, 0.3) is 0 Å². The monoisotopic (exact) mass is 224 g/mol. The number of rotatable bonds is 3. The second-order valence-electron chi connectivity index (χ2n) is 2.80. The van der Waals surface area contributed by atoms with Crippen LogP contribution < -0.4 is 0 Å². The van der Waals surface area contributed by atoms with Crippen molar-refractivity contribution in [2.45, 2.75) is 12.8 Å². The van der Waals surface area contributed by atoms with Gasteiger partial charge in [-0.15, -0.1) is 0 Å². The summed E-state index contributed by atoms with van der Waals surface area (Å²) in [6.07, 6.45) is -4.21. The van der Waals surface area contributed by atoms with Crippen LogP contribution in [-0.4, -0.2) is 12.2 Å². The molecular formula is C9H5F5O. The van der Waals surface area contributed by atoms with Gasteiger partial charge in [0.15, 0.2) is 11.6 Å². The quantitative estimate of drug-likeness (QED) is 0.569. The molecule has 0 aliphatic heterocycles. The van der Waals surface area contributed by atoms with Crippen LogP contribution >= 0.6 is 0 Å². The average Bonchev–Trinajstić information content (AvgIpc) is 2.13. The Labute approximate surface area is 81.5 Å². The standard InChI is InChI=1S/C9H5F5O/c10-5-3-7(12)6(11)1-4(5)2-8(15)9(13)14/h1,3,9H,2H2. The second-order valence-corrected chi connectivity index (χ2v) is 2.80. The van der Waals surface area contributed by atoms with Gasteiger partial charge >= 0.3 is 0 Å². The van der Waals surface area contributed by atoms with Gasteiger partial charge in [0.1, 0.15) is 5.82 Å². The molecular weight excluding hydrogens is 219 g/mol. The van der Waals surface area contributed by atoms with E-state index in [-0.39, 0.29) is 6.07 Å². The third-order valence-corrected chi connectivity index (χ3v) is 1.70. The van der Waals surface area contributed by atoms with Crippen LogP contribution in [0.5, 0.6) is 0 Å². The van der Waals surface area contributed by atoms with Gasteiger partial charge in [-0.1, -0.05) is 0 Å². The summed E-state index contributed by atoms with van der Waals surface area (Å²) >= 11 is 0. The highest BCUT2D eigenvalue weighted by Gasteiger charge is 2.19. The maximum absolute atomic E-state index is 12.9. The molecule has 0 spiro atoms. The van der Waals surface area contributed by atoms with Gasteiger partial charge in [-0.25, -0.2) is 22.0 Å². The van der Waals surface area contributed by atoms with Gasteiger partial charge in [-0.2, -0.15) is 0 Å². The predicted octanol–water partition coefficient (Wildman–Crippen LogP) is 2.48. The molecule has 0 heterocycles. The number of halogens is 5. The number of ketones is 1. The SMILES string of the molecule is O=C(Cc1cc(F)c(F)cc1F)C(F)F. The molecule has 0 saturated heterocycles. The fraction of sp³-hybridized carbons (Fsp3) is 0.222. The highest BCUT2D eigenvalue weighted by Crippen LogP contribution is 2.15. The van der Waals surface area contributed by atoms with E-state index >= 15 is 0 Å². The molecule has 0 N–H and O–H groups in total. The summed E-state index contributed by atoms with van der Waals surface area (Å²) in [4.78, 5) is 10.5. The van der Waals surface area contributed by atoms with E-state index in [4.69, 9.17) is 0 Å². The Bertz CT molecular complexity index is 388. The van der Waals surface area contributed by atoms with Gasteiger partial charge in [0.2, 0.25) is 5.78 Å². The molecule has 1 aromatic rings. The Morgan fingerprint density at radius 2 is 1.60 bits per heavy atom. The van der Waals surface area contributed by atoms with Crippen molar-refractivity contribution in [2.75, 3.05) is 0 Å². The third kappa shape index (κ3) is 2.74. The molecule has 1 rings (SSSR count). The molecule has 82 valence electrons. The van der Waals surface area contributed by atoms with E-state index in [2.05, 4.69) is 0 Å². The lowest BCUT2D eigenvalue weighted by Gasteiger charge is -2.03. The molecule has 0 bridgehead atoms. The Balaban J connectivity index is 2.96. The Kier molecular flexibility index (Phi) is 3.39. The van der Waals surface area contributed by atoms with Crippen molar-refractivity contribution in [1.82, 2.24) is 0 Å². The second kappa shape index (κ2) is 4.37. The van der Waals surface area contributed by atoms with Crippen LogP contribution in [0.2, 0.25) is 0 Å². The summed E-state index contributed by atoms with van der Waals surface area (Å²) in [5.74, 6) is -5.57. The highest BCUT2D eigenvalue weighted by molar-refractivity contribution is 5.83. The zero-order chi connectivity index (χ0) is 11.6. The molecule has 0 saturated carbocycles. The first-order valence-corrected chi connectivity index (χ1v) is 3.86. The summed E-state index contributed by atoms with van der Waals surface area (Å²) in [6, 6.07) is 0.606. The van der Waals surface area contributed by atoms with Crippen molar-refractivity contribution in [3.63, 3.8) is 0 Å². The van der Waals surface area contributed by atoms with Crippen molar-refractivity contribution >= 4 is 5.78 Å². The molecule has 0 fully saturated rings. The topological polar surface area (TPSA) is 17.1 Å². The summed E-state index contributed by atoms with van der Waals surface area (Å²) in [6.45, 7) is 0. The minimum atomic E-state index is -3.25. The number of benzene rings is 1. The molecule has 0 aliphatic carbocycles. The minimum absolute atomic E-state index is 0.212. The zero-order valence-electron chi connectivity index (χ0n) is 7.24.